The normalized spacial score (nSPS) is 14.8. The van der Waals surface area contributed by atoms with Crippen molar-refractivity contribution >= 4 is 18.4 Å². The highest BCUT2D eigenvalue weighted by molar-refractivity contribution is 7.67. The summed E-state index contributed by atoms with van der Waals surface area (Å²) in [6.07, 6.45) is 4.86. The molecule has 0 aliphatic heterocycles. The van der Waals surface area contributed by atoms with Gasteiger partial charge in [0.15, 0.2) is 5.85 Å². The molecule has 1 aromatic carbocycles. The molecule has 0 saturated heterocycles. The number of aliphatic hydroxyl groups is 1. The highest BCUT2D eigenvalue weighted by atomic mass is 31.2. The lowest BCUT2D eigenvalue weighted by molar-refractivity contribution is 0.212. The second-order valence-electron chi connectivity index (χ2n) is 5.85. The summed E-state index contributed by atoms with van der Waals surface area (Å²) in [5.41, 5.74) is 1.49. The number of benzene rings is 1. The number of pyridine rings is 1. The summed E-state index contributed by atoms with van der Waals surface area (Å²) in [5.74, 6) is -1.23. The second kappa shape index (κ2) is 8.43. The quantitative estimate of drug-likeness (QED) is 0.584. The highest BCUT2D eigenvalue weighted by Gasteiger charge is 2.36. The summed E-state index contributed by atoms with van der Waals surface area (Å²) >= 11 is 0. The van der Waals surface area contributed by atoms with Crippen LogP contribution in [-0.4, -0.2) is 30.8 Å². The van der Waals surface area contributed by atoms with Crippen LogP contribution in [0.15, 0.2) is 48.8 Å². The predicted octanol–water partition coefficient (Wildman–Crippen LogP) is 3.56. The van der Waals surface area contributed by atoms with Gasteiger partial charge < -0.3 is 14.5 Å². The molecular weight excluding hydrogens is 323 g/mol. The maximum atomic E-state index is 13.6. The Morgan fingerprint density at radius 3 is 2.50 bits per heavy atom. The van der Waals surface area contributed by atoms with E-state index in [1.54, 1.807) is 30.5 Å². The fraction of sp³-hybridized carbons (Fsp3) is 0.389. The Morgan fingerprint density at radius 1 is 1.25 bits per heavy atom. The van der Waals surface area contributed by atoms with Gasteiger partial charge in [-0.05, 0) is 36.8 Å². The van der Waals surface area contributed by atoms with Gasteiger partial charge in [0.2, 0.25) is 0 Å². The minimum absolute atomic E-state index is 0.348. The minimum Gasteiger partial charge on any atom is -0.378 e. The fourth-order valence-corrected chi connectivity index (χ4v) is 4.40. The zero-order valence-electron chi connectivity index (χ0n) is 14.4. The van der Waals surface area contributed by atoms with Gasteiger partial charge >= 0.3 is 0 Å². The maximum absolute atomic E-state index is 13.6. The van der Waals surface area contributed by atoms with Gasteiger partial charge in [0, 0.05) is 43.0 Å². The van der Waals surface area contributed by atoms with Crippen LogP contribution in [0.5, 0.6) is 0 Å². The standard InChI is InChI=1S/C18H25N2O3P/c1-4-5-13-23-24(22,18(21)15-7-6-12-19-14-15)17-10-8-16(9-11-17)20(2)3/h6-12,14,18,21H,4-5,13H2,1-3H3/t18-,24-/m0/s1. The van der Waals surface area contributed by atoms with Gasteiger partial charge in [-0.1, -0.05) is 19.4 Å². The van der Waals surface area contributed by atoms with Crippen molar-refractivity contribution in [1.82, 2.24) is 4.98 Å². The van der Waals surface area contributed by atoms with Crippen molar-refractivity contribution in [2.45, 2.75) is 25.6 Å². The fourth-order valence-electron chi connectivity index (χ4n) is 2.31. The van der Waals surface area contributed by atoms with E-state index >= 15 is 0 Å². The van der Waals surface area contributed by atoms with Gasteiger partial charge in [-0.25, -0.2) is 0 Å². The molecular formula is C18H25N2O3P. The van der Waals surface area contributed by atoms with E-state index in [1.165, 1.54) is 6.20 Å². The molecule has 0 radical (unpaired) electrons. The lowest BCUT2D eigenvalue weighted by Crippen LogP contribution is -2.16. The molecule has 6 heteroatoms. The number of rotatable bonds is 8. The summed E-state index contributed by atoms with van der Waals surface area (Å²) in [6.45, 7) is 2.39. The summed E-state index contributed by atoms with van der Waals surface area (Å²) < 4.78 is 19.3. The van der Waals surface area contributed by atoms with Crippen LogP contribution in [0.25, 0.3) is 0 Å². The Balaban J connectivity index is 2.37. The van der Waals surface area contributed by atoms with Crippen LogP contribution >= 0.6 is 7.37 Å². The Labute approximate surface area is 143 Å². The SMILES string of the molecule is CCCCO[P@@](=O)(c1ccc(N(C)C)cc1)[C@H](O)c1cccnc1. The van der Waals surface area contributed by atoms with Crippen LogP contribution in [0.1, 0.15) is 31.2 Å². The zero-order chi connectivity index (χ0) is 17.6. The van der Waals surface area contributed by atoms with Crippen molar-refractivity contribution in [3.8, 4) is 0 Å². The minimum atomic E-state index is -3.47. The van der Waals surface area contributed by atoms with Crippen LogP contribution in [0.2, 0.25) is 0 Å². The van der Waals surface area contributed by atoms with Crippen molar-refractivity contribution in [3.05, 3.63) is 54.4 Å². The van der Waals surface area contributed by atoms with Gasteiger partial charge in [-0.2, -0.15) is 0 Å². The van der Waals surface area contributed by atoms with Crippen LogP contribution in [0.4, 0.5) is 5.69 Å². The number of nitrogens with zero attached hydrogens (tertiary/aromatic N) is 2. The van der Waals surface area contributed by atoms with E-state index in [1.807, 2.05) is 38.1 Å². The third kappa shape index (κ3) is 4.23. The van der Waals surface area contributed by atoms with E-state index < -0.39 is 13.2 Å². The first-order valence-electron chi connectivity index (χ1n) is 8.09. The summed E-state index contributed by atoms with van der Waals surface area (Å²) in [6, 6.07) is 10.7. The Bertz CT molecular complexity index is 674. The van der Waals surface area contributed by atoms with Crippen LogP contribution < -0.4 is 10.2 Å². The molecule has 24 heavy (non-hydrogen) atoms. The largest absolute Gasteiger partial charge is 0.378 e. The molecule has 1 aromatic heterocycles. The molecule has 5 nitrogen and oxygen atoms in total. The number of aliphatic hydroxyl groups excluding tert-OH is 1. The molecule has 2 rings (SSSR count). The lowest BCUT2D eigenvalue weighted by atomic mass is 10.3. The smallest absolute Gasteiger partial charge is 0.264 e. The molecule has 0 aliphatic carbocycles. The molecule has 0 fully saturated rings. The van der Waals surface area contributed by atoms with Crippen molar-refractivity contribution in [2.75, 3.05) is 25.6 Å². The Morgan fingerprint density at radius 2 is 1.96 bits per heavy atom. The zero-order valence-corrected chi connectivity index (χ0v) is 15.3. The summed E-state index contributed by atoms with van der Waals surface area (Å²) in [4.78, 5) is 5.97. The number of hydrogen-bond acceptors (Lipinski definition) is 5. The molecule has 0 unspecified atom stereocenters. The van der Waals surface area contributed by atoms with Crippen LogP contribution in [0, 0.1) is 0 Å². The van der Waals surface area contributed by atoms with E-state index in [0.717, 1.165) is 18.5 Å². The molecule has 1 heterocycles. The first kappa shape index (κ1) is 18.7. The topological polar surface area (TPSA) is 62.7 Å². The first-order chi connectivity index (χ1) is 11.5. The van der Waals surface area contributed by atoms with Gasteiger partial charge in [0.1, 0.15) is 0 Å². The third-order valence-corrected chi connectivity index (χ3v) is 6.34. The summed E-state index contributed by atoms with van der Waals surface area (Å²) in [5, 5.41) is 11.2. The van der Waals surface area contributed by atoms with Gasteiger partial charge in [0.25, 0.3) is 7.37 Å². The lowest BCUT2D eigenvalue weighted by Gasteiger charge is -2.25. The highest BCUT2D eigenvalue weighted by Crippen LogP contribution is 2.57. The molecule has 2 aromatic rings. The monoisotopic (exact) mass is 348 g/mol. The third-order valence-electron chi connectivity index (χ3n) is 3.81. The molecule has 1 N–H and O–H groups in total. The molecule has 130 valence electrons. The van der Waals surface area contributed by atoms with E-state index in [2.05, 4.69) is 4.98 Å². The molecule has 0 saturated carbocycles. The van der Waals surface area contributed by atoms with Crippen molar-refractivity contribution in [2.24, 2.45) is 0 Å². The van der Waals surface area contributed by atoms with Gasteiger partial charge in [0.05, 0.1) is 6.61 Å². The average Bonchev–Trinajstić information content (AvgIpc) is 2.62. The number of hydrogen-bond donors (Lipinski definition) is 1. The molecule has 2 atom stereocenters. The average molecular weight is 348 g/mol. The molecule has 0 bridgehead atoms. The molecule has 0 spiro atoms. The number of aromatic nitrogens is 1. The first-order valence-corrected chi connectivity index (χ1v) is 9.78. The van der Waals surface area contributed by atoms with Crippen LogP contribution in [-0.2, 0) is 9.09 Å². The summed E-state index contributed by atoms with van der Waals surface area (Å²) in [7, 11) is 0.415. The van der Waals surface area contributed by atoms with E-state index in [4.69, 9.17) is 4.52 Å². The Hall–Kier alpha value is -1.68. The van der Waals surface area contributed by atoms with E-state index in [-0.39, 0.29) is 0 Å². The second-order valence-corrected chi connectivity index (χ2v) is 8.31. The Kier molecular flexibility index (Phi) is 6.55. The number of unbranched alkanes of at least 4 members (excludes halogenated alkanes) is 1. The molecule has 0 aliphatic rings. The van der Waals surface area contributed by atoms with Gasteiger partial charge in [-0.3, -0.25) is 9.55 Å². The van der Waals surface area contributed by atoms with Crippen molar-refractivity contribution < 1.29 is 14.2 Å². The number of anilines is 1. The predicted molar refractivity (Wildman–Crippen MR) is 98.1 cm³/mol. The van der Waals surface area contributed by atoms with E-state index in [9.17, 15) is 9.67 Å². The van der Waals surface area contributed by atoms with Crippen LogP contribution in [0.3, 0.4) is 0 Å². The van der Waals surface area contributed by atoms with Crippen molar-refractivity contribution in [1.29, 1.82) is 0 Å². The maximum Gasteiger partial charge on any atom is 0.264 e. The van der Waals surface area contributed by atoms with Gasteiger partial charge in [-0.15, -0.1) is 0 Å². The van der Waals surface area contributed by atoms with E-state index in [0.29, 0.717) is 17.5 Å². The molecule has 0 amide bonds. The van der Waals surface area contributed by atoms with Crippen molar-refractivity contribution in [3.63, 3.8) is 0 Å².